The van der Waals surface area contributed by atoms with Gasteiger partial charge in [0.15, 0.2) is 0 Å². The SMILES string of the molecule is Cc1cnc2nc1Nc1ccc(NC(=O)Cc3ccccn3)c(c1)CCc1cccc(c1)N2. The van der Waals surface area contributed by atoms with E-state index >= 15 is 0 Å². The van der Waals surface area contributed by atoms with Crippen LogP contribution in [-0.2, 0) is 24.1 Å². The summed E-state index contributed by atoms with van der Waals surface area (Å²) in [7, 11) is 0. The molecule has 1 aliphatic rings. The number of aromatic nitrogens is 3. The Hall–Kier alpha value is -4.26. The molecule has 33 heavy (non-hydrogen) atoms. The summed E-state index contributed by atoms with van der Waals surface area (Å²) in [6, 6.07) is 19.8. The second kappa shape index (κ2) is 9.08. The quantitative estimate of drug-likeness (QED) is 0.421. The van der Waals surface area contributed by atoms with Crippen LogP contribution in [0.3, 0.4) is 0 Å². The second-order valence-corrected chi connectivity index (χ2v) is 8.09. The smallest absolute Gasteiger partial charge is 0.230 e. The van der Waals surface area contributed by atoms with E-state index in [9.17, 15) is 4.79 Å². The summed E-state index contributed by atoms with van der Waals surface area (Å²) in [5, 5.41) is 9.77. The zero-order chi connectivity index (χ0) is 22.6. The molecule has 2 aromatic heterocycles. The fourth-order valence-electron chi connectivity index (χ4n) is 3.84. The van der Waals surface area contributed by atoms with Gasteiger partial charge < -0.3 is 16.0 Å². The van der Waals surface area contributed by atoms with Crippen molar-refractivity contribution in [1.82, 2.24) is 15.0 Å². The van der Waals surface area contributed by atoms with E-state index < -0.39 is 0 Å². The number of nitrogens with zero attached hydrogens (tertiary/aromatic N) is 3. The molecule has 1 amide bonds. The number of carbonyl (C=O) groups excluding carboxylic acids is 1. The Kier molecular flexibility index (Phi) is 5.68. The molecule has 6 bridgehead atoms. The molecule has 2 aromatic carbocycles. The van der Waals surface area contributed by atoms with Crippen LogP contribution in [0.4, 0.5) is 28.8 Å². The van der Waals surface area contributed by atoms with Gasteiger partial charge in [-0.3, -0.25) is 9.78 Å². The molecule has 0 atom stereocenters. The Morgan fingerprint density at radius 3 is 2.76 bits per heavy atom. The Morgan fingerprint density at radius 1 is 0.970 bits per heavy atom. The van der Waals surface area contributed by atoms with Gasteiger partial charge in [-0.2, -0.15) is 4.98 Å². The highest BCUT2D eigenvalue weighted by Crippen LogP contribution is 2.27. The molecule has 0 spiro atoms. The van der Waals surface area contributed by atoms with E-state index in [1.807, 2.05) is 49.4 Å². The van der Waals surface area contributed by atoms with Gasteiger partial charge >= 0.3 is 0 Å². The number of hydrogen-bond donors (Lipinski definition) is 3. The Bertz CT molecular complexity index is 1310. The summed E-state index contributed by atoms with van der Waals surface area (Å²) in [6.45, 7) is 1.97. The number of amides is 1. The lowest BCUT2D eigenvalue weighted by Crippen LogP contribution is -2.16. The number of anilines is 5. The number of fused-ring (bicyclic) bond motifs is 6. The molecular formula is C26H24N6O. The van der Waals surface area contributed by atoms with Crippen LogP contribution >= 0.6 is 0 Å². The van der Waals surface area contributed by atoms with Gasteiger partial charge in [0.25, 0.3) is 0 Å². The first kappa shape index (κ1) is 20.6. The number of pyridine rings is 1. The van der Waals surface area contributed by atoms with E-state index in [1.165, 1.54) is 5.56 Å². The summed E-state index contributed by atoms with van der Waals surface area (Å²) >= 11 is 0. The topological polar surface area (TPSA) is 91.8 Å². The summed E-state index contributed by atoms with van der Waals surface area (Å²) < 4.78 is 0. The van der Waals surface area contributed by atoms with Crippen LogP contribution in [0.25, 0.3) is 0 Å². The van der Waals surface area contributed by atoms with Crippen molar-refractivity contribution >= 4 is 34.7 Å². The lowest BCUT2D eigenvalue weighted by atomic mass is 10.0. The monoisotopic (exact) mass is 436 g/mol. The highest BCUT2D eigenvalue weighted by atomic mass is 16.1. The van der Waals surface area contributed by atoms with Gasteiger partial charge in [-0.25, -0.2) is 4.98 Å². The minimum absolute atomic E-state index is 0.0870. The predicted octanol–water partition coefficient (Wildman–Crippen LogP) is 4.95. The van der Waals surface area contributed by atoms with Crippen molar-refractivity contribution in [3.05, 3.63) is 95.4 Å². The lowest BCUT2D eigenvalue weighted by Gasteiger charge is -2.15. The number of hydrogen-bond acceptors (Lipinski definition) is 6. The van der Waals surface area contributed by atoms with Crippen LogP contribution in [-0.4, -0.2) is 20.9 Å². The molecule has 1 aliphatic heterocycles. The van der Waals surface area contributed by atoms with Crippen molar-refractivity contribution in [3.63, 3.8) is 0 Å². The van der Waals surface area contributed by atoms with Crippen LogP contribution in [0.1, 0.15) is 22.4 Å². The minimum Gasteiger partial charge on any atom is -0.340 e. The van der Waals surface area contributed by atoms with E-state index in [2.05, 4.69) is 49.1 Å². The van der Waals surface area contributed by atoms with Gasteiger partial charge in [-0.15, -0.1) is 0 Å². The summed E-state index contributed by atoms with van der Waals surface area (Å²) in [4.78, 5) is 26.0. The Morgan fingerprint density at radius 2 is 1.88 bits per heavy atom. The average molecular weight is 437 g/mol. The van der Waals surface area contributed by atoms with E-state index in [-0.39, 0.29) is 12.3 Å². The molecule has 5 rings (SSSR count). The van der Waals surface area contributed by atoms with Crippen LogP contribution in [0.2, 0.25) is 0 Å². The number of carbonyl (C=O) groups is 1. The van der Waals surface area contributed by atoms with Crippen molar-refractivity contribution in [2.45, 2.75) is 26.2 Å². The largest absolute Gasteiger partial charge is 0.340 e. The van der Waals surface area contributed by atoms with Crippen molar-refractivity contribution in [1.29, 1.82) is 0 Å². The highest BCUT2D eigenvalue weighted by Gasteiger charge is 2.13. The maximum atomic E-state index is 12.7. The molecule has 164 valence electrons. The molecule has 3 heterocycles. The average Bonchev–Trinajstić information content (AvgIpc) is 2.82. The fourth-order valence-corrected chi connectivity index (χ4v) is 3.84. The number of aryl methyl sites for hydroxylation is 3. The van der Waals surface area contributed by atoms with Crippen molar-refractivity contribution < 1.29 is 4.79 Å². The van der Waals surface area contributed by atoms with Gasteiger partial charge in [0.05, 0.1) is 6.42 Å². The maximum absolute atomic E-state index is 12.7. The fraction of sp³-hybridized carbons (Fsp3) is 0.154. The first-order valence-electron chi connectivity index (χ1n) is 10.9. The van der Waals surface area contributed by atoms with Gasteiger partial charge in [0.1, 0.15) is 5.82 Å². The maximum Gasteiger partial charge on any atom is 0.230 e. The zero-order valence-electron chi connectivity index (χ0n) is 18.3. The second-order valence-electron chi connectivity index (χ2n) is 8.09. The van der Waals surface area contributed by atoms with Crippen LogP contribution in [0, 0.1) is 6.92 Å². The standard InChI is InChI=1S/C26H24N6O/c1-17-16-28-26-30-21-7-4-5-18(13-21)8-9-19-14-22(29-25(17)32-26)10-11-23(19)31-24(33)15-20-6-2-3-12-27-20/h2-7,10-14,16H,8-9,15H2,1H3,(H,31,33)(H2,28,29,30,32). The molecule has 7 heteroatoms. The Labute approximate surface area is 192 Å². The van der Waals surface area contributed by atoms with E-state index in [0.29, 0.717) is 5.95 Å². The molecule has 0 saturated carbocycles. The Balaban J connectivity index is 1.47. The van der Waals surface area contributed by atoms with Crippen molar-refractivity contribution in [3.8, 4) is 0 Å². The molecule has 3 N–H and O–H groups in total. The molecule has 0 fully saturated rings. The number of nitrogens with one attached hydrogen (secondary N) is 3. The first-order chi connectivity index (χ1) is 16.1. The molecule has 0 radical (unpaired) electrons. The molecule has 7 nitrogen and oxygen atoms in total. The van der Waals surface area contributed by atoms with Gasteiger partial charge in [-0.1, -0.05) is 18.2 Å². The molecule has 4 aromatic rings. The normalized spacial score (nSPS) is 12.3. The third kappa shape index (κ3) is 4.98. The first-order valence-corrected chi connectivity index (χ1v) is 10.9. The van der Waals surface area contributed by atoms with E-state index in [4.69, 9.17) is 0 Å². The van der Waals surface area contributed by atoms with Crippen LogP contribution in [0.5, 0.6) is 0 Å². The molecule has 0 aliphatic carbocycles. The molecule has 0 saturated heterocycles. The number of benzene rings is 2. The zero-order valence-corrected chi connectivity index (χ0v) is 18.3. The third-order valence-electron chi connectivity index (χ3n) is 5.55. The molecule has 0 unspecified atom stereocenters. The van der Waals surface area contributed by atoms with Crippen LogP contribution in [0.15, 0.2) is 73.1 Å². The summed E-state index contributed by atoms with van der Waals surface area (Å²) in [6.07, 6.45) is 5.34. The summed E-state index contributed by atoms with van der Waals surface area (Å²) in [5.41, 5.74) is 6.59. The lowest BCUT2D eigenvalue weighted by molar-refractivity contribution is -0.115. The van der Waals surface area contributed by atoms with E-state index in [0.717, 1.165) is 52.5 Å². The summed E-state index contributed by atoms with van der Waals surface area (Å²) in [5.74, 6) is 1.19. The van der Waals surface area contributed by atoms with Crippen molar-refractivity contribution in [2.75, 3.05) is 16.0 Å². The van der Waals surface area contributed by atoms with Gasteiger partial charge in [-0.05, 0) is 73.4 Å². The van der Waals surface area contributed by atoms with E-state index in [1.54, 1.807) is 12.4 Å². The third-order valence-corrected chi connectivity index (χ3v) is 5.55. The van der Waals surface area contributed by atoms with Crippen LogP contribution < -0.4 is 16.0 Å². The molecular weight excluding hydrogens is 412 g/mol. The van der Waals surface area contributed by atoms with Gasteiger partial charge in [0.2, 0.25) is 11.9 Å². The predicted molar refractivity (Wildman–Crippen MR) is 130 cm³/mol. The van der Waals surface area contributed by atoms with Gasteiger partial charge in [0, 0.05) is 40.7 Å². The minimum atomic E-state index is -0.0870. The highest BCUT2D eigenvalue weighted by molar-refractivity contribution is 5.93. The van der Waals surface area contributed by atoms with Crippen molar-refractivity contribution in [2.24, 2.45) is 0 Å². The number of rotatable bonds is 3.